The monoisotopic (exact) mass is 474 g/mol. The first-order valence-electron chi connectivity index (χ1n) is 10.2. The predicted molar refractivity (Wildman–Crippen MR) is 119 cm³/mol. The van der Waals surface area contributed by atoms with Gasteiger partial charge in [-0.2, -0.15) is 0 Å². The van der Waals surface area contributed by atoms with Crippen LogP contribution < -0.4 is 10.2 Å². The summed E-state index contributed by atoms with van der Waals surface area (Å²) in [6, 6.07) is 8.68. The number of carbonyl (C=O) groups is 2. The Hall–Kier alpha value is -3.40. The molecular weight excluding hydrogens is 453 g/mol. The van der Waals surface area contributed by atoms with E-state index in [2.05, 4.69) is 10.3 Å². The standard InChI is InChI=1S/C23H21F3N4O2S/c1-13-11-30(23(32)29(13)12-15-3-5-17(24)6-4-15)22-28-14(2)20(33-22)21(31)27-10-16-7-18(25)9-19(26)8-16/h3-9,13H,10-12H2,1-2H3,(H,27,31). The van der Waals surface area contributed by atoms with Crippen LogP contribution in [0, 0.1) is 24.4 Å². The van der Waals surface area contributed by atoms with Crippen LogP contribution in [0.2, 0.25) is 0 Å². The first-order valence-corrected chi connectivity index (χ1v) is 11.1. The number of hydrogen-bond acceptors (Lipinski definition) is 4. The van der Waals surface area contributed by atoms with Crippen LogP contribution in [0.5, 0.6) is 0 Å². The summed E-state index contributed by atoms with van der Waals surface area (Å²) in [5.41, 5.74) is 1.56. The van der Waals surface area contributed by atoms with E-state index in [0.717, 1.165) is 35.1 Å². The zero-order valence-electron chi connectivity index (χ0n) is 17.9. The summed E-state index contributed by atoms with van der Waals surface area (Å²) in [6.45, 7) is 4.26. The van der Waals surface area contributed by atoms with Crippen LogP contribution in [0.15, 0.2) is 42.5 Å². The van der Waals surface area contributed by atoms with Crippen molar-refractivity contribution in [2.24, 2.45) is 0 Å². The summed E-state index contributed by atoms with van der Waals surface area (Å²) in [4.78, 5) is 33.6. The molecule has 2 heterocycles. The van der Waals surface area contributed by atoms with Crippen molar-refractivity contribution in [3.63, 3.8) is 0 Å². The van der Waals surface area contributed by atoms with E-state index in [1.54, 1.807) is 24.0 Å². The van der Waals surface area contributed by atoms with Gasteiger partial charge >= 0.3 is 6.03 Å². The summed E-state index contributed by atoms with van der Waals surface area (Å²) in [7, 11) is 0. The van der Waals surface area contributed by atoms with Gasteiger partial charge in [-0.05, 0) is 49.2 Å². The first kappa shape index (κ1) is 22.8. The van der Waals surface area contributed by atoms with Gasteiger partial charge in [-0.3, -0.25) is 9.69 Å². The fourth-order valence-electron chi connectivity index (χ4n) is 3.64. The highest BCUT2D eigenvalue weighted by Gasteiger charge is 2.37. The first-order chi connectivity index (χ1) is 15.7. The number of nitrogens with zero attached hydrogens (tertiary/aromatic N) is 3. The van der Waals surface area contributed by atoms with Crippen molar-refractivity contribution >= 4 is 28.4 Å². The third-order valence-electron chi connectivity index (χ3n) is 5.32. The minimum absolute atomic E-state index is 0.0503. The molecule has 1 atom stereocenters. The van der Waals surface area contributed by atoms with Gasteiger partial charge in [0.1, 0.15) is 22.3 Å². The molecule has 3 amide bonds. The molecule has 6 nitrogen and oxygen atoms in total. The molecule has 3 aromatic rings. The highest BCUT2D eigenvalue weighted by Crippen LogP contribution is 2.31. The number of urea groups is 1. The number of carbonyl (C=O) groups excluding carboxylic acids is 2. The van der Waals surface area contributed by atoms with Crippen molar-refractivity contribution in [2.45, 2.75) is 33.0 Å². The third kappa shape index (κ3) is 5.00. The molecule has 1 aliphatic rings. The highest BCUT2D eigenvalue weighted by atomic mass is 32.1. The number of rotatable bonds is 6. The zero-order chi connectivity index (χ0) is 23.7. The highest BCUT2D eigenvalue weighted by molar-refractivity contribution is 7.17. The van der Waals surface area contributed by atoms with Crippen molar-refractivity contribution < 1.29 is 22.8 Å². The van der Waals surface area contributed by atoms with Crippen molar-refractivity contribution in [1.82, 2.24) is 15.2 Å². The van der Waals surface area contributed by atoms with E-state index >= 15 is 0 Å². The summed E-state index contributed by atoms with van der Waals surface area (Å²) in [5.74, 6) is -2.22. The fraction of sp³-hybridized carbons (Fsp3) is 0.261. The van der Waals surface area contributed by atoms with Gasteiger partial charge in [-0.25, -0.2) is 22.9 Å². The van der Waals surface area contributed by atoms with Gasteiger partial charge in [0, 0.05) is 25.2 Å². The number of anilines is 1. The molecule has 33 heavy (non-hydrogen) atoms. The van der Waals surface area contributed by atoms with E-state index < -0.39 is 17.5 Å². The molecule has 1 aliphatic heterocycles. The number of thiazole rings is 1. The van der Waals surface area contributed by atoms with E-state index in [1.807, 2.05) is 6.92 Å². The van der Waals surface area contributed by atoms with Crippen LogP contribution in [0.3, 0.4) is 0 Å². The molecule has 1 N–H and O–H groups in total. The van der Waals surface area contributed by atoms with Gasteiger partial charge < -0.3 is 10.2 Å². The van der Waals surface area contributed by atoms with Crippen molar-refractivity contribution in [2.75, 3.05) is 11.4 Å². The summed E-state index contributed by atoms with van der Waals surface area (Å²) in [6.07, 6.45) is 0. The van der Waals surface area contributed by atoms with Crippen molar-refractivity contribution in [3.8, 4) is 0 Å². The number of aryl methyl sites for hydroxylation is 1. The Morgan fingerprint density at radius 2 is 1.76 bits per heavy atom. The average Bonchev–Trinajstić information content (AvgIpc) is 3.27. The second kappa shape index (κ2) is 9.22. The predicted octanol–water partition coefficient (Wildman–Crippen LogP) is 4.63. The Bertz CT molecular complexity index is 1180. The van der Waals surface area contributed by atoms with E-state index in [9.17, 15) is 22.8 Å². The maximum atomic E-state index is 13.4. The van der Waals surface area contributed by atoms with Crippen molar-refractivity contribution in [3.05, 3.63) is 81.6 Å². The van der Waals surface area contributed by atoms with Crippen LogP contribution in [0.1, 0.15) is 33.4 Å². The van der Waals surface area contributed by atoms with E-state index in [1.165, 1.54) is 17.0 Å². The third-order valence-corrected chi connectivity index (χ3v) is 6.50. The molecule has 172 valence electrons. The van der Waals surface area contributed by atoms with E-state index in [4.69, 9.17) is 0 Å². The normalized spacial score (nSPS) is 15.9. The molecule has 0 spiro atoms. The number of benzene rings is 2. The van der Waals surface area contributed by atoms with Crippen LogP contribution in [0.4, 0.5) is 23.1 Å². The Morgan fingerprint density at radius 1 is 1.09 bits per heavy atom. The van der Waals surface area contributed by atoms with Gasteiger partial charge in [-0.1, -0.05) is 23.5 Å². The molecule has 4 rings (SSSR count). The Morgan fingerprint density at radius 3 is 2.42 bits per heavy atom. The number of halogens is 3. The molecule has 2 aromatic carbocycles. The Balaban J connectivity index is 1.45. The maximum Gasteiger partial charge on any atom is 0.326 e. The number of nitrogens with one attached hydrogen (secondary N) is 1. The van der Waals surface area contributed by atoms with Crippen molar-refractivity contribution in [1.29, 1.82) is 0 Å². The number of hydrogen-bond donors (Lipinski definition) is 1. The quantitative estimate of drug-likeness (QED) is 0.567. The maximum absolute atomic E-state index is 13.4. The molecule has 1 saturated heterocycles. The molecule has 1 unspecified atom stereocenters. The number of amides is 3. The van der Waals surface area contributed by atoms with Crippen LogP contribution in [-0.4, -0.2) is 34.4 Å². The lowest BCUT2D eigenvalue weighted by Crippen LogP contribution is -2.33. The molecule has 0 radical (unpaired) electrons. The van der Waals surface area contributed by atoms with Gasteiger partial charge in [0.15, 0.2) is 5.13 Å². The van der Waals surface area contributed by atoms with E-state index in [0.29, 0.717) is 34.4 Å². The smallest absolute Gasteiger partial charge is 0.326 e. The van der Waals surface area contributed by atoms with Crippen LogP contribution in [0.25, 0.3) is 0 Å². The minimum atomic E-state index is -0.720. The Labute approximate surface area is 192 Å². The van der Waals surface area contributed by atoms with Gasteiger partial charge in [0.25, 0.3) is 5.91 Å². The van der Waals surface area contributed by atoms with Gasteiger partial charge in [0.2, 0.25) is 0 Å². The topological polar surface area (TPSA) is 65.5 Å². The summed E-state index contributed by atoms with van der Waals surface area (Å²) < 4.78 is 39.9. The molecule has 1 fully saturated rings. The second-order valence-corrected chi connectivity index (χ2v) is 8.85. The summed E-state index contributed by atoms with van der Waals surface area (Å²) >= 11 is 1.08. The van der Waals surface area contributed by atoms with Gasteiger partial charge in [-0.15, -0.1) is 0 Å². The van der Waals surface area contributed by atoms with Crippen LogP contribution >= 0.6 is 11.3 Å². The lowest BCUT2D eigenvalue weighted by molar-refractivity contribution is 0.0954. The summed E-state index contributed by atoms with van der Waals surface area (Å²) in [5, 5.41) is 3.03. The molecule has 10 heteroatoms. The fourth-order valence-corrected chi connectivity index (χ4v) is 4.62. The van der Waals surface area contributed by atoms with Gasteiger partial charge in [0.05, 0.1) is 12.2 Å². The minimum Gasteiger partial charge on any atom is -0.347 e. The molecular formula is C23H21F3N4O2S. The molecule has 0 aliphatic carbocycles. The lowest BCUT2D eigenvalue weighted by Gasteiger charge is -2.20. The second-order valence-electron chi connectivity index (χ2n) is 7.87. The van der Waals surface area contributed by atoms with E-state index in [-0.39, 0.29) is 24.4 Å². The van der Waals surface area contributed by atoms with Crippen LogP contribution in [-0.2, 0) is 13.1 Å². The molecule has 0 saturated carbocycles. The molecule has 0 bridgehead atoms. The molecule has 1 aromatic heterocycles. The zero-order valence-corrected chi connectivity index (χ0v) is 18.8. The average molecular weight is 475 g/mol. The SMILES string of the molecule is Cc1nc(N2CC(C)N(Cc3ccc(F)cc3)C2=O)sc1C(=O)NCc1cc(F)cc(F)c1. The Kier molecular flexibility index (Phi) is 6.37. The number of aromatic nitrogens is 1. The lowest BCUT2D eigenvalue weighted by atomic mass is 10.2. The largest absolute Gasteiger partial charge is 0.347 e.